The van der Waals surface area contributed by atoms with Gasteiger partial charge in [0, 0.05) is 42.7 Å². The third-order valence-electron chi connectivity index (χ3n) is 6.52. The van der Waals surface area contributed by atoms with Gasteiger partial charge in [0.15, 0.2) is 0 Å². The van der Waals surface area contributed by atoms with E-state index in [2.05, 4.69) is 16.3 Å². The van der Waals surface area contributed by atoms with E-state index in [1.54, 1.807) is 16.5 Å². The van der Waals surface area contributed by atoms with Crippen LogP contribution in [0, 0.1) is 11.3 Å². The van der Waals surface area contributed by atoms with E-state index in [1.807, 2.05) is 29.3 Å². The second-order valence-electron chi connectivity index (χ2n) is 8.74. The van der Waals surface area contributed by atoms with E-state index in [1.165, 1.54) is 38.3 Å². The lowest BCUT2D eigenvalue weighted by atomic mass is 9.97. The zero-order valence-corrected chi connectivity index (χ0v) is 19.1. The van der Waals surface area contributed by atoms with Crippen LogP contribution in [0.4, 0.5) is 0 Å². The van der Waals surface area contributed by atoms with Gasteiger partial charge in [-0.15, -0.1) is 0 Å². The monoisotopic (exact) mass is 449 g/mol. The summed E-state index contributed by atoms with van der Waals surface area (Å²) in [5, 5.41) is 18.0. The minimum Gasteiger partial charge on any atom is -0.494 e. The van der Waals surface area contributed by atoms with Gasteiger partial charge in [0.1, 0.15) is 22.9 Å². The zero-order valence-electron chi connectivity index (χ0n) is 19.1. The van der Waals surface area contributed by atoms with Crippen molar-refractivity contribution in [3.63, 3.8) is 0 Å². The molecule has 2 fully saturated rings. The predicted molar refractivity (Wildman–Crippen MR) is 125 cm³/mol. The van der Waals surface area contributed by atoms with E-state index in [9.17, 15) is 10.1 Å². The number of fused-ring (bicyclic) bond motifs is 1. The number of pyridine rings is 1. The number of nitriles is 1. The molecule has 4 heterocycles. The summed E-state index contributed by atoms with van der Waals surface area (Å²) in [5.41, 5.74) is 8.64. The zero-order chi connectivity index (χ0) is 23.2. The molecule has 0 atom stereocenters. The van der Waals surface area contributed by atoms with Crippen LogP contribution in [0.5, 0.6) is 5.75 Å². The number of carbonyl (C=O) groups is 1. The normalized spacial score (nSPS) is 17.3. The van der Waals surface area contributed by atoms with Crippen LogP contribution in [-0.2, 0) is 4.79 Å². The fraction of sp³-hybridized carbons (Fsp3) is 0.500. The maximum Gasteiger partial charge on any atom is 0.209 e. The van der Waals surface area contributed by atoms with Crippen molar-refractivity contribution in [3.8, 4) is 22.9 Å². The lowest BCUT2D eigenvalue weighted by Gasteiger charge is -2.29. The van der Waals surface area contributed by atoms with Crippen molar-refractivity contribution in [1.29, 1.82) is 5.26 Å². The second kappa shape index (κ2) is 10.5. The molecule has 1 amide bonds. The summed E-state index contributed by atoms with van der Waals surface area (Å²) in [5.74, 6) is 0.601. The molecule has 0 aromatic carbocycles. The van der Waals surface area contributed by atoms with Crippen LogP contribution in [0.2, 0.25) is 0 Å². The van der Waals surface area contributed by atoms with Crippen molar-refractivity contribution >= 4 is 11.9 Å². The van der Waals surface area contributed by atoms with Gasteiger partial charge in [0.05, 0.1) is 25.5 Å². The molecule has 2 N–H and O–H groups in total. The number of methoxy groups -OCH3 is 1. The second-order valence-corrected chi connectivity index (χ2v) is 8.74. The summed E-state index contributed by atoms with van der Waals surface area (Å²) in [6.07, 6.45) is 16.6. The summed E-state index contributed by atoms with van der Waals surface area (Å²) in [4.78, 5) is 12.6. The third-order valence-corrected chi connectivity index (χ3v) is 6.52. The summed E-state index contributed by atoms with van der Waals surface area (Å²) < 4.78 is 9.09. The van der Waals surface area contributed by atoms with Crippen molar-refractivity contribution in [1.82, 2.24) is 24.3 Å². The number of ether oxygens (including phenoxy) is 1. The quantitative estimate of drug-likeness (QED) is 0.612. The Morgan fingerprint density at radius 2 is 1.85 bits per heavy atom. The Hall–Kier alpha value is -3.38. The third kappa shape index (κ3) is 5.17. The topological polar surface area (TPSA) is 114 Å². The van der Waals surface area contributed by atoms with E-state index >= 15 is 0 Å². The lowest BCUT2D eigenvalue weighted by Crippen LogP contribution is -2.33. The van der Waals surface area contributed by atoms with Gasteiger partial charge in [-0.05, 0) is 31.7 Å². The van der Waals surface area contributed by atoms with Crippen molar-refractivity contribution < 1.29 is 9.53 Å². The molecule has 9 heteroatoms. The number of hydrogen-bond acceptors (Lipinski definition) is 6. The van der Waals surface area contributed by atoms with Crippen molar-refractivity contribution in [2.24, 2.45) is 5.73 Å². The highest BCUT2D eigenvalue weighted by Gasteiger charge is 2.21. The van der Waals surface area contributed by atoms with Gasteiger partial charge >= 0.3 is 0 Å². The molecule has 174 valence electrons. The van der Waals surface area contributed by atoms with Crippen LogP contribution in [0.3, 0.4) is 0 Å². The maximum atomic E-state index is 10.8. The Labute approximate surface area is 193 Å². The van der Waals surface area contributed by atoms with Crippen LogP contribution in [-0.4, -0.2) is 56.9 Å². The van der Waals surface area contributed by atoms with Crippen LogP contribution in [0.15, 0.2) is 30.9 Å². The van der Waals surface area contributed by atoms with Crippen molar-refractivity contribution in [2.45, 2.75) is 57.0 Å². The van der Waals surface area contributed by atoms with Gasteiger partial charge in [-0.3, -0.25) is 9.48 Å². The molecule has 3 aromatic rings. The van der Waals surface area contributed by atoms with Gasteiger partial charge in [0.2, 0.25) is 6.41 Å². The minimum atomic E-state index is 0.292. The molecule has 3 aromatic heterocycles. The van der Waals surface area contributed by atoms with Crippen LogP contribution < -0.4 is 10.5 Å². The molecule has 1 aliphatic carbocycles. The molecule has 5 rings (SSSR count). The molecule has 33 heavy (non-hydrogen) atoms. The Morgan fingerprint density at radius 3 is 2.45 bits per heavy atom. The largest absolute Gasteiger partial charge is 0.494 e. The molecule has 2 aliphatic rings. The first-order valence-electron chi connectivity index (χ1n) is 11.6. The fourth-order valence-electron chi connectivity index (χ4n) is 4.56. The molecule has 0 spiro atoms. The van der Waals surface area contributed by atoms with E-state index < -0.39 is 0 Å². The Bertz CT molecular complexity index is 1120. The van der Waals surface area contributed by atoms with Gasteiger partial charge in [-0.25, -0.2) is 4.52 Å². The number of nitrogens with two attached hydrogens (primary N) is 1. The molecule has 0 unspecified atom stereocenters. The molecule has 9 nitrogen and oxygen atoms in total. The number of carbonyl (C=O) groups excluding carboxylic acids is 1. The Morgan fingerprint density at radius 1 is 1.09 bits per heavy atom. The molecule has 1 saturated carbocycles. The van der Waals surface area contributed by atoms with Gasteiger partial charge < -0.3 is 15.4 Å². The maximum absolute atomic E-state index is 10.8. The molecular weight excluding hydrogens is 418 g/mol. The van der Waals surface area contributed by atoms with E-state index in [4.69, 9.17) is 10.5 Å². The van der Waals surface area contributed by atoms with Gasteiger partial charge in [-0.2, -0.15) is 15.5 Å². The highest BCUT2D eigenvalue weighted by molar-refractivity contribution is 5.74. The predicted octanol–water partition coefficient (Wildman–Crippen LogP) is 3.15. The number of piperidine rings is 1. The first-order chi connectivity index (χ1) is 16.1. The summed E-state index contributed by atoms with van der Waals surface area (Å²) >= 11 is 0. The first kappa shape index (κ1) is 22.8. The SMILES string of the molecule is COc1cc(-c2cnn(C3CCN(C=O)CC3)c2)cn2ncc(C#N)c12.NC1CCCCC1. The van der Waals surface area contributed by atoms with Gasteiger partial charge in [-0.1, -0.05) is 19.3 Å². The van der Waals surface area contributed by atoms with E-state index in [-0.39, 0.29) is 0 Å². The van der Waals surface area contributed by atoms with Crippen molar-refractivity contribution in [2.75, 3.05) is 20.2 Å². The highest BCUT2D eigenvalue weighted by atomic mass is 16.5. The number of rotatable bonds is 4. The van der Waals surface area contributed by atoms with E-state index in [0.717, 1.165) is 43.5 Å². The number of likely N-dealkylation sites (tertiary alicyclic amines) is 1. The van der Waals surface area contributed by atoms with Crippen LogP contribution in [0.25, 0.3) is 16.6 Å². The summed E-state index contributed by atoms with van der Waals surface area (Å²) in [6, 6.07) is 4.86. The Balaban J connectivity index is 0.000000318. The van der Waals surface area contributed by atoms with Gasteiger partial charge in [0.25, 0.3) is 0 Å². The molecule has 0 radical (unpaired) electrons. The number of hydrogen-bond donors (Lipinski definition) is 1. The molecule has 0 bridgehead atoms. The van der Waals surface area contributed by atoms with Crippen LogP contribution >= 0.6 is 0 Å². The number of aromatic nitrogens is 4. The molecule has 1 aliphatic heterocycles. The average Bonchev–Trinajstić information content (AvgIpc) is 3.52. The standard InChI is InChI=1S/C18H18N6O2.C6H13N/c1-26-17-6-13(10-24-18(17)14(7-19)8-21-24)15-9-20-23(11-15)16-2-4-22(12-25)5-3-16;7-6-4-2-1-3-5-6/h6,8-12,16H,2-5H2,1H3;6H,1-5,7H2. The van der Waals surface area contributed by atoms with E-state index in [0.29, 0.717) is 28.9 Å². The smallest absolute Gasteiger partial charge is 0.209 e. The molecule has 1 saturated heterocycles. The summed E-state index contributed by atoms with van der Waals surface area (Å²) in [7, 11) is 1.58. The van der Waals surface area contributed by atoms with Crippen LogP contribution in [0.1, 0.15) is 56.6 Å². The number of nitrogens with zero attached hydrogens (tertiary/aromatic N) is 6. The highest BCUT2D eigenvalue weighted by Crippen LogP contribution is 2.30. The molecular formula is C24H31N7O2. The average molecular weight is 450 g/mol. The number of amides is 1. The first-order valence-corrected chi connectivity index (χ1v) is 11.6. The Kier molecular flexibility index (Phi) is 7.25. The summed E-state index contributed by atoms with van der Waals surface area (Å²) in [6.45, 7) is 1.51. The lowest BCUT2D eigenvalue weighted by molar-refractivity contribution is -0.119. The fourth-order valence-corrected chi connectivity index (χ4v) is 4.56. The minimum absolute atomic E-state index is 0.292. The van der Waals surface area contributed by atoms with Crippen molar-refractivity contribution in [3.05, 3.63) is 36.4 Å².